The number of fused-ring (bicyclic) bond motifs is 1. The summed E-state index contributed by atoms with van der Waals surface area (Å²) in [5, 5.41) is 2.84. The maximum absolute atomic E-state index is 5.84. The molecule has 0 spiro atoms. The number of hydrogen-bond acceptors (Lipinski definition) is 5. The lowest BCUT2D eigenvalue weighted by Crippen LogP contribution is -1.97. The van der Waals surface area contributed by atoms with Gasteiger partial charge in [0.15, 0.2) is 0 Å². The first-order chi connectivity index (χ1) is 9.13. The van der Waals surface area contributed by atoms with Crippen LogP contribution in [0, 0.1) is 13.8 Å². The Kier molecular flexibility index (Phi) is 2.83. The van der Waals surface area contributed by atoms with Gasteiger partial charge < -0.3 is 10.5 Å². The van der Waals surface area contributed by atoms with Crippen LogP contribution >= 0.6 is 11.3 Å². The van der Waals surface area contributed by atoms with E-state index in [1.807, 2.05) is 29.6 Å². The van der Waals surface area contributed by atoms with Crippen molar-refractivity contribution < 1.29 is 4.74 Å². The summed E-state index contributed by atoms with van der Waals surface area (Å²) >= 11 is 1.52. The molecule has 0 aliphatic carbocycles. The van der Waals surface area contributed by atoms with Crippen molar-refractivity contribution >= 4 is 27.5 Å². The van der Waals surface area contributed by atoms with E-state index < -0.39 is 0 Å². The number of rotatable bonds is 2. The molecule has 0 atom stereocenters. The van der Waals surface area contributed by atoms with Gasteiger partial charge in [0.2, 0.25) is 11.8 Å². The Morgan fingerprint density at radius 1 is 1.11 bits per heavy atom. The van der Waals surface area contributed by atoms with Gasteiger partial charge in [-0.2, -0.15) is 4.98 Å². The van der Waals surface area contributed by atoms with E-state index in [0.717, 1.165) is 16.0 Å². The number of nitrogen functional groups attached to an aromatic ring is 1. The molecule has 0 saturated heterocycles. The first-order valence-electron chi connectivity index (χ1n) is 5.89. The van der Waals surface area contributed by atoms with E-state index >= 15 is 0 Å². The van der Waals surface area contributed by atoms with Crippen LogP contribution in [-0.2, 0) is 0 Å². The maximum Gasteiger partial charge on any atom is 0.232 e. The zero-order valence-electron chi connectivity index (χ0n) is 10.7. The number of aromatic nitrogens is 2. The zero-order chi connectivity index (χ0) is 13.4. The lowest BCUT2D eigenvalue weighted by atomic mass is 10.1. The first-order valence-corrected chi connectivity index (χ1v) is 6.77. The van der Waals surface area contributed by atoms with Crippen LogP contribution in [0.3, 0.4) is 0 Å². The summed E-state index contributed by atoms with van der Waals surface area (Å²) in [6.45, 7) is 4.12. The predicted octanol–water partition coefficient (Wildman–Crippen LogP) is 3.68. The molecule has 3 aromatic rings. The van der Waals surface area contributed by atoms with Crippen molar-refractivity contribution in [2.45, 2.75) is 13.8 Å². The maximum atomic E-state index is 5.84. The van der Waals surface area contributed by atoms with Crippen LogP contribution in [0.25, 0.3) is 10.2 Å². The number of nitrogens with zero attached hydrogens (tertiary/aromatic N) is 2. The molecule has 19 heavy (non-hydrogen) atoms. The number of ether oxygens (including phenoxy) is 1. The fraction of sp³-hybridized carbons (Fsp3) is 0.143. The number of hydrogen-bond donors (Lipinski definition) is 1. The molecule has 4 nitrogen and oxygen atoms in total. The molecule has 0 fully saturated rings. The minimum absolute atomic E-state index is 0.230. The first kappa shape index (κ1) is 11.9. The molecule has 96 valence electrons. The van der Waals surface area contributed by atoms with Crippen molar-refractivity contribution in [3.8, 4) is 11.6 Å². The zero-order valence-corrected chi connectivity index (χ0v) is 11.5. The molecular formula is C14H13N3OS. The Balaban J connectivity index is 2.04. The minimum Gasteiger partial charge on any atom is -0.438 e. The van der Waals surface area contributed by atoms with Gasteiger partial charge in [0, 0.05) is 0 Å². The molecular weight excluding hydrogens is 258 g/mol. The van der Waals surface area contributed by atoms with Gasteiger partial charge >= 0.3 is 0 Å². The summed E-state index contributed by atoms with van der Waals surface area (Å²) in [7, 11) is 0. The second-order valence-corrected chi connectivity index (χ2v) is 5.27. The van der Waals surface area contributed by atoms with Gasteiger partial charge in [0.25, 0.3) is 0 Å². The number of aryl methyl sites for hydroxylation is 2. The summed E-state index contributed by atoms with van der Waals surface area (Å²) in [6.07, 6.45) is 0. The highest BCUT2D eigenvalue weighted by molar-refractivity contribution is 7.16. The molecule has 0 aliphatic heterocycles. The molecule has 0 amide bonds. The number of thiophene rings is 1. The van der Waals surface area contributed by atoms with Gasteiger partial charge in [-0.05, 0) is 48.6 Å². The van der Waals surface area contributed by atoms with E-state index in [1.54, 1.807) is 0 Å². The van der Waals surface area contributed by atoms with E-state index in [2.05, 4.69) is 23.8 Å². The summed E-state index contributed by atoms with van der Waals surface area (Å²) in [5.41, 5.74) is 8.11. The van der Waals surface area contributed by atoms with Gasteiger partial charge in [0.05, 0.1) is 5.39 Å². The van der Waals surface area contributed by atoms with Crippen LogP contribution < -0.4 is 10.5 Å². The van der Waals surface area contributed by atoms with Gasteiger partial charge in [-0.1, -0.05) is 6.07 Å². The van der Waals surface area contributed by atoms with E-state index in [0.29, 0.717) is 5.88 Å². The van der Waals surface area contributed by atoms with E-state index in [-0.39, 0.29) is 5.95 Å². The van der Waals surface area contributed by atoms with Gasteiger partial charge in [-0.3, -0.25) is 0 Å². The van der Waals surface area contributed by atoms with Crippen LogP contribution in [0.5, 0.6) is 11.6 Å². The number of nitrogens with two attached hydrogens (primary N) is 1. The second-order valence-electron chi connectivity index (χ2n) is 4.37. The molecule has 2 N–H and O–H groups in total. The normalized spacial score (nSPS) is 10.8. The Morgan fingerprint density at radius 3 is 2.74 bits per heavy atom. The number of benzene rings is 1. The van der Waals surface area contributed by atoms with E-state index in [9.17, 15) is 0 Å². The topological polar surface area (TPSA) is 61.0 Å². The van der Waals surface area contributed by atoms with Gasteiger partial charge in [0.1, 0.15) is 10.6 Å². The highest BCUT2D eigenvalue weighted by Gasteiger charge is 2.09. The van der Waals surface area contributed by atoms with Crippen molar-refractivity contribution in [2.24, 2.45) is 0 Å². The smallest absolute Gasteiger partial charge is 0.232 e. The monoisotopic (exact) mass is 271 g/mol. The molecule has 3 rings (SSSR count). The van der Waals surface area contributed by atoms with Crippen molar-refractivity contribution in [1.29, 1.82) is 0 Å². The van der Waals surface area contributed by atoms with E-state index in [1.165, 1.54) is 22.5 Å². The lowest BCUT2D eigenvalue weighted by Gasteiger charge is -2.08. The van der Waals surface area contributed by atoms with Crippen molar-refractivity contribution in [2.75, 3.05) is 5.73 Å². The van der Waals surface area contributed by atoms with Gasteiger partial charge in [-0.15, -0.1) is 11.3 Å². The fourth-order valence-corrected chi connectivity index (χ4v) is 2.57. The minimum atomic E-state index is 0.230. The highest BCUT2D eigenvalue weighted by Crippen LogP contribution is 2.31. The molecule has 0 radical (unpaired) electrons. The average molecular weight is 271 g/mol. The lowest BCUT2D eigenvalue weighted by molar-refractivity contribution is 0.469. The largest absolute Gasteiger partial charge is 0.438 e. The van der Waals surface area contributed by atoms with Gasteiger partial charge in [-0.25, -0.2) is 4.98 Å². The van der Waals surface area contributed by atoms with Crippen LogP contribution in [-0.4, -0.2) is 9.97 Å². The van der Waals surface area contributed by atoms with Crippen molar-refractivity contribution in [1.82, 2.24) is 9.97 Å². The highest BCUT2D eigenvalue weighted by atomic mass is 32.1. The second kappa shape index (κ2) is 4.51. The van der Waals surface area contributed by atoms with Crippen LogP contribution in [0.2, 0.25) is 0 Å². The fourth-order valence-electron chi connectivity index (χ4n) is 1.81. The standard InChI is InChI=1S/C14H13N3OS/c1-8-3-4-10(7-9(8)2)18-12-11-5-6-19-13(11)17-14(15)16-12/h3-7H,1-2H3,(H2,15,16,17). The van der Waals surface area contributed by atoms with Crippen molar-refractivity contribution in [3.05, 3.63) is 40.8 Å². The average Bonchev–Trinajstić information content (AvgIpc) is 2.82. The third kappa shape index (κ3) is 2.24. The SMILES string of the molecule is Cc1ccc(Oc2nc(N)nc3sccc23)cc1C. The van der Waals surface area contributed by atoms with Crippen LogP contribution in [0.4, 0.5) is 5.95 Å². The Bertz CT molecular complexity index is 752. The molecule has 0 bridgehead atoms. The molecule has 0 unspecified atom stereocenters. The third-order valence-corrected chi connectivity index (χ3v) is 3.81. The molecule has 1 aromatic carbocycles. The summed E-state index contributed by atoms with van der Waals surface area (Å²) in [5.74, 6) is 1.49. The van der Waals surface area contributed by atoms with Crippen LogP contribution in [0.15, 0.2) is 29.6 Å². The van der Waals surface area contributed by atoms with Crippen LogP contribution in [0.1, 0.15) is 11.1 Å². The third-order valence-electron chi connectivity index (χ3n) is 3.00. The summed E-state index contributed by atoms with van der Waals surface area (Å²) < 4.78 is 5.84. The molecule has 2 aromatic heterocycles. The Morgan fingerprint density at radius 2 is 1.95 bits per heavy atom. The molecule has 0 aliphatic rings. The molecule has 0 saturated carbocycles. The summed E-state index contributed by atoms with van der Waals surface area (Å²) in [4.78, 5) is 9.19. The number of anilines is 1. The summed E-state index contributed by atoms with van der Waals surface area (Å²) in [6, 6.07) is 7.89. The van der Waals surface area contributed by atoms with E-state index in [4.69, 9.17) is 10.5 Å². The Hall–Kier alpha value is -2.14. The predicted molar refractivity (Wildman–Crippen MR) is 77.8 cm³/mol. The molecule has 2 heterocycles. The molecule has 5 heteroatoms. The Labute approximate surface area is 114 Å². The van der Waals surface area contributed by atoms with Crippen molar-refractivity contribution in [3.63, 3.8) is 0 Å². The quantitative estimate of drug-likeness (QED) is 0.772.